The fourth-order valence-corrected chi connectivity index (χ4v) is 2.36. The van der Waals surface area contributed by atoms with E-state index in [1.54, 1.807) is 31.4 Å². The SMILES string of the molecule is COc1cccc(Nc2ncnc(Nc3ccc(C(C)=O)cc3)c2N)c1. The van der Waals surface area contributed by atoms with Crippen LogP contribution in [0.25, 0.3) is 0 Å². The second kappa shape index (κ2) is 7.52. The summed E-state index contributed by atoms with van der Waals surface area (Å²) < 4.78 is 5.21. The lowest BCUT2D eigenvalue weighted by Crippen LogP contribution is -2.05. The molecule has 0 aliphatic carbocycles. The van der Waals surface area contributed by atoms with E-state index in [1.807, 2.05) is 24.3 Å². The Morgan fingerprint density at radius 3 is 2.27 bits per heavy atom. The summed E-state index contributed by atoms with van der Waals surface area (Å²) in [4.78, 5) is 19.7. The van der Waals surface area contributed by atoms with Crippen molar-refractivity contribution in [3.8, 4) is 5.75 Å². The number of ether oxygens (including phenoxy) is 1. The lowest BCUT2D eigenvalue weighted by Gasteiger charge is -2.13. The molecule has 0 radical (unpaired) electrons. The number of carbonyl (C=O) groups is 1. The Balaban J connectivity index is 1.81. The van der Waals surface area contributed by atoms with Gasteiger partial charge in [-0.05, 0) is 43.3 Å². The Morgan fingerprint density at radius 2 is 1.65 bits per heavy atom. The lowest BCUT2D eigenvalue weighted by atomic mass is 10.1. The number of benzene rings is 2. The third-order valence-corrected chi connectivity index (χ3v) is 3.77. The van der Waals surface area contributed by atoms with Crippen molar-refractivity contribution in [2.75, 3.05) is 23.5 Å². The number of hydrogen-bond donors (Lipinski definition) is 3. The summed E-state index contributed by atoms with van der Waals surface area (Å²) in [5.74, 6) is 1.70. The van der Waals surface area contributed by atoms with E-state index in [0.29, 0.717) is 22.9 Å². The van der Waals surface area contributed by atoms with Crippen molar-refractivity contribution >= 4 is 34.5 Å². The maximum Gasteiger partial charge on any atom is 0.159 e. The number of nitrogens with one attached hydrogen (secondary N) is 2. The molecule has 1 aromatic heterocycles. The molecule has 7 nitrogen and oxygen atoms in total. The fourth-order valence-electron chi connectivity index (χ4n) is 2.36. The van der Waals surface area contributed by atoms with Crippen molar-refractivity contribution in [2.24, 2.45) is 0 Å². The number of anilines is 5. The average Bonchev–Trinajstić information content (AvgIpc) is 2.65. The zero-order chi connectivity index (χ0) is 18.5. The van der Waals surface area contributed by atoms with Crippen LogP contribution in [-0.4, -0.2) is 22.9 Å². The maximum absolute atomic E-state index is 11.4. The number of rotatable bonds is 6. The van der Waals surface area contributed by atoms with Gasteiger partial charge in [-0.2, -0.15) is 0 Å². The Kier molecular flexibility index (Phi) is 4.98. The van der Waals surface area contributed by atoms with Gasteiger partial charge < -0.3 is 21.1 Å². The average molecular weight is 349 g/mol. The molecule has 3 aromatic rings. The van der Waals surface area contributed by atoms with Gasteiger partial charge >= 0.3 is 0 Å². The van der Waals surface area contributed by atoms with E-state index < -0.39 is 0 Å². The van der Waals surface area contributed by atoms with E-state index >= 15 is 0 Å². The minimum absolute atomic E-state index is 0.0166. The van der Waals surface area contributed by atoms with Gasteiger partial charge in [0.1, 0.15) is 17.8 Å². The van der Waals surface area contributed by atoms with Crippen LogP contribution in [-0.2, 0) is 0 Å². The molecule has 0 spiro atoms. The Hall–Kier alpha value is -3.61. The molecule has 3 rings (SSSR count). The van der Waals surface area contributed by atoms with E-state index in [0.717, 1.165) is 17.1 Å². The van der Waals surface area contributed by atoms with E-state index in [4.69, 9.17) is 10.5 Å². The number of nitrogens with two attached hydrogens (primary N) is 1. The van der Waals surface area contributed by atoms with Crippen molar-refractivity contribution in [2.45, 2.75) is 6.92 Å². The Labute approximate surface area is 151 Å². The summed E-state index contributed by atoms with van der Waals surface area (Å²) in [7, 11) is 1.61. The first-order valence-electron chi connectivity index (χ1n) is 7.96. The molecule has 0 aliphatic rings. The highest BCUT2D eigenvalue weighted by Gasteiger charge is 2.09. The van der Waals surface area contributed by atoms with Crippen LogP contribution >= 0.6 is 0 Å². The van der Waals surface area contributed by atoms with Crippen molar-refractivity contribution in [1.82, 2.24) is 9.97 Å². The first-order valence-corrected chi connectivity index (χ1v) is 7.96. The number of carbonyl (C=O) groups excluding carboxylic acids is 1. The number of methoxy groups -OCH3 is 1. The van der Waals surface area contributed by atoms with Crippen molar-refractivity contribution < 1.29 is 9.53 Å². The van der Waals surface area contributed by atoms with Crippen LogP contribution in [0.5, 0.6) is 5.75 Å². The highest BCUT2D eigenvalue weighted by atomic mass is 16.5. The number of nitrogens with zero attached hydrogens (tertiary/aromatic N) is 2. The maximum atomic E-state index is 11.4. The molecule has 0 aliphatic heterocycles. The van der Waals surface area contributed by atoms with Crippen molar-refractivity contribution in [1.29, 1.82) is 0 Å². The van der Waals surface area contributed by atoms with E-state index in [1.165, 1.54) is 13.3 Å². The minimum atomic E-state index is 0.0166. The molecule has 0 fully saturated rings. The van der Waals surface area contributed by atoms with Crippen LogP contribution in [0.3, 0.4) is 0 Å². The number of hydrogen-bond acceptors (Lipinski definition) is 7. The Morgan fingerprint density at radius 1 is 1.00 bits per heavy atom. The molecular weight excluding hydrogens is 330 g/mol. The number of Topliss-reactive ketones (excluding diaryl/α,β-unsaturated/α-hetero) is 1. The molecule has 4 N–H and O–H groups in total. The lowest BCUT2D eigenvalue weighted by molar-refractivity contribution is 0.101. The van der Waals surface area contributed by atoms with Gasteiger partial charge in [0.2, 0.25) is 0 Å². The summed E-state index contributed by atoms with van der Waals surface area (Å²) in [6.07, 6.45) is 1.42. The largest absolute Gasteiger partial charge is 0.497 e. The zero-order valence-electron chi connectivity index (χ0n) is 14.5. The first-order chi connectivity index (χ1) is 12.6. The van der Waals surface area contributed by atoms with E-state index in [9.17, 15) is 4.79 Å². The van der Waals surface area contributed by atoms with Gasteiger partial charge in [0.15, 0.2) is 17.4 Å². The highest BCUT2D eigenvalue weighted by Crippen LogP contribution is 2.29. The number of ketones is 1. The quantitative estimate of drug-likeness (QED) is 0.582. The van der Waals surface area contributed by atoms with Crippen molar-refractivity contribution in [3.63, 3.8) is 0 Å². The molecule has 26 heavy (non-hydrogen) atoms. The molecular formula is C19H19N5O2. The Bertz CT molecular complexity index is 925. The smallest absolute Gasteiger partial charge is 0.159 e. The van der Waals surface area contributed by atoms with Crippen LogP contribution in [0.1, 0.15) is 17.3 Å². The molecule has 1 heterocycles. The van der Waals surface area contributed by atoms with Gasteiger partial charge in [0.05, 0.1) is 7.11 Å². The van der Waals surface area contributed by atoms with Gasteiger partial charge in [-0.3, -0.25) is 4.79 Å². The van der Waals surface area contributed by atoms with Gasteiger partial charge in [-0.15, -0.1) is 0 Å². The van der Waals surface area contributed by atoms with Gasteiger partial charge in [0.25, 0.3) is 0 Å². The van der Waals surface area contributed by atoms with Crippen LogP contribution in [0.4, 0.5) is 28.7 Å². The molecule has 0 bridgehead atoms. The molecule has 0 atom stereocenters. The van der Waals surface area contributed by atoms with Gasteiger partial charge in [0, 0.05) is 23.0 Å². The zero-order valence-corrected chi connectivity index (χ0v) is 14.5. The monoisotopic (exact) mass is 349 g/mol. The summed E-state index contributed by atoms with van der Waals surface area (Å²) in [6.45, 7) is 1.53. The second-order valence-electron chi connectivity index (χ2n) is 5.60. The summed E-state index contributed by atoms with van der Waals surface area (Å²) in [6, 6.07) is 14.5. The fraction of sp³-hybridized carbons (Fsp3) is 0.105. The third-order valence-electron chi connectivity index (χ3n) is 3.77. The highest BCUT2D eigenvalue weighted by molar-refractivity contribution is 5.94. The van der Waals surface area contributed by atoms with E-state index in [2.05, 4.69) is 20.6 Å². The van der Waals surface area contributed by atoms with Gasteiger partial charge in [-0.25, -0.2) is 9.97 Å². The summed E-state index contributed by atoms with van der Waals surface area (Å²) in [5, 5.41) is 6.29. The van der Waals surface area contributed by atoms with Crippen LogP contribution in [0.2, 0.25) is 0 Å². The van der Waals surface area contributed by atoms with Gasteiger partial charge in [-0.1, -0.05) is 6.07 Å². The van der Waals surface area contributed by atoms with Crippen LogP contribution in [0.15, 0.2) is 54.9 Å². The first kappa shape index (κ1) is 17.2. The normalized spacial score (nSPS) is 10.2. The molecule has 0 amide bonds. The molecule has 0 saturated carbocycles. The number of nitrogen functional groups attached to an aromatic ring is 1. The van der Waals surface area contributed by atoms with Crippen LogP contribution in [0, 0.1) is 0 Å². The topological polar surface area (TPSA) is 102 Å². The second-order valence-corrected chi connectivity index (χ2v) is 5.60. The van der Waals surface area contributed by atoms with Crippen LogP contribution < -0.4 is 21.1 Å². The molecule has 2 aromatic carbocycles. The van der Waals surface area contributed by atoms with E-state index in [-0.39, 0.29) is 5.78 Å². The predicted octanol–water partition coefficient (Wildman–Crippen LogP) is 3.76. The third kappa shape index (κ3) is 3.89. The standard InChI is InChI=1S/C19H19N5O2/c1-12(25)13-6-8-14(9-7-13)23-18-17(20)19(22-11-21-18)24-15-4-3-5-16(10-15)26-2/h3-11H,20H2,1-2H3,(H2,21,22,23,24). The number of aromatic nitrogens is 2. The van der Waals surface area contributed by atoms with Crippen molar-refractivity contribution in [3.05, 3.63) is 60.4 Å². The molecule has 0 saturated heterocycles. The summed E-state index contributed by atoms with van der Waals surface area (Å²) >= 11 is 0. The predicted molar refractivity (Wildman–Crippen MR) is 102 cm³/mol. The summed E-state index contributed by atoms with van der Waals surface area (Å²) in [5.41, 5.74) is 8.79. The minimum Gasteiger partial charge on any atom is -0.497 e. The molecule has 7 heteroatoms. The molecule has 0 unspecified atom stereocenters. The molecule has 132 valence electrons.